The van der Waals surface area contributed by atoms with Crippen LogP contribution in [-0.4, -0.2) is 132 Å². The highest BCUT2D eigenvalue weighted by atomic mass is 16.3. The first-order valence-electron chi connectivity index (χ1n) is 14.7. The van der Waals surface area contributed by atoms with Crippen LogP contribution in [-0.2, 0) is 28.8 Å². The van der Waals surface area contributed by atoms with Crippen molar-refractivity contribution in [3.63, 3.8) is 0 Å². The number of primary amides is 1. The zero-order chi connectivity index (χ0) is 36.0. The van der Waals surface area contributed by atoms with Crippen molar-refractivity contribution in [2.24, 2.45) is 27.9 Å². The highest BCUT2D eigenvalue weighted by Gasteiger charge is 2.37. The summed E-state index contributed by atoms with van der Waals surface area (Å²) in [5, 5.41) is 47.9. The monoisotopic (exact) mass is 685 g/mol. The van der Waals surface area contributed by atoms with Crippen LogP contribution in [0.25, 0.3) is 0 Å². The number of guanidine groups is 1. The smallest absolute Gasteiger partial charge is 0.316 e. The van der Waals surface area contributed by atoms with Crippen LogP contribution in [0.5, 0.6) is 0 Å². The van der Waals surface area contributed by atoms with Gasteiger partial charge in [0.1, 0.15) is 29.9 Å². The van der Waals surface area contributed by atoms with Gasteiger partial charge in [0.2, 0.25) is 29.5 Å². The minimum atomic E-state index is -1.78. The van der Waals surface area contributed by atoms with E-state index in [1.807, 2.05) is 5.32 Å². The van der Waals surface area contributed by atoms with E-state index in [4.69, 9.17) is 22.9 Å². The molecule has 0 unspecified atom stereocenters. The van der Waals surface area contributed by atoms with E-state index in [1.54, 1.807) is 0 Å². The molecule has 2 rings (SSSR count). The normalized spacial score (nSPS) is 27.6. The Morgan fingerprint density at radius 2 is 1.62 bits per heavy atom. The van der Waals surface area contributed by atoms with Crippen LogP contribution in [0.2, 0.25) is 0 Å². The number of nitrogens with one attached hydrogen (secondary N) is 8. The summed E-state index contributed by atoms with van der Waals surface area (Å²) in [6.45, 7) is -2.36. The van der Waals surface area contributed by atoms with Crippen molar-refractivity contribution in [2.45, 2.75) is 68.2 Å². The van der Waals surface area contributed by atoms with Crippen LogP contribution in [0.3, 0.4) is 0 Å². The molecule has 48 heavy (non-hydrogen) atoms. The lowest BCUT2D eigenvalue weighted by Crippen LogP contribution is -2.64. The molecule has 19 N–H and O–H groups in total. The van der Waals surface area contributed by atoms with Crippen LogP contribution < -0.4 is 65.5 Å². The number of urea groups is 1. The summed E-state index contributed by atoms with van der Waals surface area (Å²) in [7, 11) is 0. The number of carbonyl (C=O) groups excluding carboxylic acids is 7. The van der Waals surface area contributed by atoms with Crippen LogP contribution in [0, 0.1) is 0 Å². The Morgan fingerprint density at radius 3 is 2.23 bits per heavy atom. The molecule has 0 aliphatic carbocycles. The molecule has 0 aromatic rings. The molecule has 0 saturated carbocycles. The molecule has 23 heteroatoms. The van der Waals surface area contributed by atoms with E-state index in [9.17, 15) is 48.9 Å². The number of nitrogens with two attached hydrogens (primary N) is 4. The molecule has 1 saturated heterocycles. The lowest BCUT2D eigenvalue weighted by atomic mass is 10.0. The highest BCUT2D eigenvalue weighted by Crippen LogP contribution is 2.11. The second-order valence-corrected chi connectivity index (χ2v) is 10.7. The van der Waals surface area contributed by atoms with Crippen molar-refractivity contribution in [1.82, 2.24) is 42.5 Å². The van der Waals surface area contributed by atoms with Gasteiger partial charge in [0.05, 0.1) is 19.3 Å². The Kier molecular flexibility index (Phi) is 15.4. The molecule has 268 valence electrons. The molecule has 0 aromatic carbocycles. The van der Waals surface area contributed by atoms with Crippen molar-refractivity contribution in [2.75, 3.05) is 26.3 Å². The molecule has 2 heterocycles. The Labute approximate surface area is 273 Å². The maximum Gasteiger partial charge on any atom is 0.316 e. The van der Waals surface area contributed by atoms with Crippen LogP contribution in [0.15, 0.2) is 16.9 Å². The molecule has 2 aliphatic heterocycles. The first kappa shape index (κ1) is 39.1. The Morgan fingerprint density at radius 1 is 0.979 bits per heavy atom. The SMILES string of the molecule is NCCC[C@H](N)CC(=O)N[C@H]1CNC(=O)[C@@H]([C@H]2C[C@H](O)N=C(N)N2)NC(=O)/C(=C/NC(N)=O)NC(=O)[C@H](CO)NC(=O)[C@H](CO)NC1=O. The predicted molar refractivity (Wildman–Crippen MR) is 164 cm³/mol. The third-order valence-corrected chi connectivity index (χ3v) is 6.91. The Bertz CT molecular complexity index is 1280. The van der Waals surface area contributed by atoms with Gasteiger partial charge >= 0.3 is 6.03 Å². The van der Waals surface area contributed by atoms with Gasteiger partial charge in [-0.05, 0) is 19.4 Å². The average Bonchev–Trinajstić information content (AvgIpc) is 3.02. The van der Waals surface area contributed by atoms with Gasteiger partial charge < -0.3 is 80.8 Å². The van der Waals surface area contributed by atoms with E-state index in [0.29, 0.717) is 25.6 Å². The van der Waals surface area contributed by atoms with Gasteiger partial charge in [0.25, 0.3) is 5.91 Å². The average molecular weight is 686 g/mol. The standard InChI is InChI=1S/C25H43N13O10/c26-3-1-2-10(27)4-16(41)32-12-6-30-23(47)18(11-5-17(42)37-24(28)36-11)38-20(44)13(7-31-25(29)48)33-21(45)14(8-39)35-22(46)15(9-40)34-19(12)43/h7,10-12,14-15,17-18,39-40,42H,1-6,8-9,26-27H2,(H,30,47)(H,32,41)(H,33,45)(H,34,43)(H,35,46)(H,38,44)(H3,28,36,37)(H3,29,31,48)/b13-7-/t10-,11+,12-,14-,15-,17-,18+/m0/s1. The summed E-state index contributed by atoms with van der Waals surface area (Å²) in [6.07, 6.45) is -0.339. The largest absolute Gasteiger partial charge is 0.394 e. The summed E-state index contributed by atoms with van der Waals surface area (Å²) < 4.78 is 0. The first-order chi connectivity index (χ1) is 22.7. The van der Waals surface area contributed by atoms with E-state index < -0.39 is 109 Å². The van der Waals surface area contributed by atoms with Crippen LogP contribution in [0.1, 0.15) is 25.7 Å². The van der Waals surface area contributed by atoms with Crippen molar-refractivity contribution >= 4 is 47.4 Å². The van der Waals surface area contributed by atoms with E-state index in [-0.39, 0.29) is 18.8 Å². The van der Waals surface area contributed by atoms with E-state index >= 15 is 0 Å². The second kappa shape index (κ2) is 18.9. The fourth-order valence-corrected chi connectivity index (χ4v) is 4.46. The second-order valence-electron chi connectivity index (χ2n) is 10.7. The lowest BCUT2D eigenvalue weighted by Gasteiger charge is -2.33. The number of carbonyl (C=O) groups is 7. The fourth-order valence-electron chi connectivity index (χ4n) is 4.46. The Hall–Kier alpha value is -5.10. The summed E-state index contributed by atoms with van der Waals surface area (Å²) in [5.74, 6) is -6.65. The zero-order valence-corrected chi connectivity index (χ0v) is 25.7. The number of hydrogen-bond acceptors (Lipinski definition) is 15. The maximum absolute atomic E-state index is 13.6. The molecule has 2 aliphatic rings. The number of nitrogens with zero attached hydrogens (tertiary/aromatic N) is 1. The van der Waals surface area contributed by atoms with Gasteiger partial charge in [-0.25, -0.2) is 9.79 Å². The number of rotatable bonds is 10. The molecule has 1 fully saturated rings. The number of aliphatic hydroxyl groups excluding tert-OH is 3. The lowest BCUT2D eigenvalue weighted by molar-refractivity contribution is -0.135. The minimum Gasteiger partial charge on any atom is -0.394 e. The summed E-state index contributed by atoms with van der Waals surface area (Å²) >= 11 is 0. The number of amides is 8. The molecule has 0 spiro atoms. The van der Waals surface area contributed by atoms with Gasteiger partial charge in [-0.2, -0.15) is 0 Å². The molecule has 23 nitrogen and oxygen atoms in total. The molecular formula is C25H43N13O10. The number of hydrogen-bond donors (Lipinski definition) is 15. The van der Waals surface area contributed by atoms with Gasteiger partial charge in [-0.1, -0.05) is 0 Å². The molecule has 0 radical (unpaired) electrons. The summed E-state index contributed by atoms with van der Waals surface area (Å²) in [4.78, 5) is 94.0. The molecule has 8 amide bonds. The van der Waals surface area contributed by atoms with Crippen molar-refractivity contribution < 1.29 is 48.9 Å². The Balaban J connectivity index is 2.54. The fraction of sp³-hybridized carbons (Fsp3) is 0.600. The summed E-state index contributed by atoms with van der Waals surface area (Å²) in [5.41, 5.74) is 21.5. The number of aliphatic imine (C=N–C) groups is 1. The van der Waals surface area contributed by atoms with Crippen molar-refractivity contribution in [3.05, 3.63) is 11.9 Å². The van der Waals surface area contributed by atoms with Gasteiger partial charge in [0, 0.05) is 31.6 Å². The molecular weight excluding hydrogens is 642 g/mol. The third kappa shape index (κ3) is 12.3. The quantitative estimate of drug-likeness (QED) is 0.0950. The highest BCUT2D eigenvalue weighted by molar-refractivity contribution is 6.02. The molecule has 0 aromatic heterocycles. The van der Waals surface area contributed by atoms with E-state index in [2.05, 4.69) is 42.2 Å². The first-order valence-corrected chi connectivity index (χ1v) is 14.7. The number of aliphatic hydroxyl groups is 3. The molecule has 7 atom stereocenters. The topological polar surface area (TPSA) is 393 Å². The van der Waals surface area contributed by atoms with Gasteiger partial charge in [-0.15, -0.1) is 0 Å². The molecule has 0 bridgehead atoms. The van der Waals surface area contributed by atoms with Crippen molar-refractivity contribution in [1.29, 1.82) is 0 Å². The van der Waals surface area contributed by atoms with Gasteiger partial charge in [-0.3, -0.25) is 28.8 Å². The van der Waals surface area contributed by atoms with E-state index in [0.717, 1.165) is 0 Å². The maximum atomic E-state index is 13.6. The van der Waals surface area contributed by atoms with Crippen LogP contribution >= 0.6 is 0 Å². The van der Waals surface area contributed by atoms with Gasteiger partial charge in [0.15, 0.2) is 12.2 Å². The zero-order valence-electron chi connectivity index (χ0n) is 25.7. The van der Waals surface area contributed by atoms with Crippen molar-refractivity contribution in [3.8, 4) is 0 Å². The van der Waals surface area contributed by atoms with Crippen LogP contribution in [0.4, 0.5) is 4.79 Å². The summed E-state index contributed by atoms with van der Waals surface area (Å²) in [6, 6.07) is -9.66. The predicted octanol–water partition coefficient (Wildman–Crippen LogP) is -8.88. The van der Waals surface area contributed by atoms with E-state index in [1.165, 1.54) is 0 Å². The minimum absolute atomic E-state index is 0.245. The third-order valence-electron chi connectivity index (χ3n) is 6.91.